The van der Waals surface area contributed by atoms with E-state index in [1.807, 2.05) is 0 Å². The predicted molar refractivity (Wildman–Crippen MR) is 269 cm³/mol. The number of amides is 6. The van der Waals surface area contributed by atoms with Gasteiger partial charge in [-0.2, -0.15) is 9.97 Å². The van der Waals surface area contributed by atoms with Gasteiger partial charge in [-0.3, -0.25) is 44.1 Å². The first-order valence-corrected chi connectivity index (χ1v) is 25.1. The normalized spacial score (nSPS) is 23.1. The number of anilines is 2. The summed E-state index contributed by atoms with van der Waals surface area (Å²) in [5, 5.41) is 23.0. The Kier molecular flexibility index (Phi) is 12.9. The molecule has 6 aliphatic rings. The lowest BCUT2D eigenvalue weighted by Crippen LogP contribution is -2.54. The summed E-state index contributed by atoms with van der Waals surface area (Å²) in [5.74, 6) is -1.67. The van der Waals surface area contributed by atoms with E-state index in [1.165, 1.54) is 48.7 Å². The van der Waals surface area contributed by atoms with E-state index in [1.54, 1.807) is 0 Å². The first kappa shape index (κ1) is 49.1. The van der Waals surface area contributed by atoms with Crippen molar-refractivity contribution in [1.29, 1.82) is 0 Å². The Labute approximate surface area is 428 Å². The zero-order valence-electron chi connectivity index (χ0n) is 40.7. The predicted octanol–water partition coefficient (Wildman–Crippen LogP) is 5.23. The highest BCUT2D eigenvalue weighted by Crippen LogP contribution is 2.45. The van der Waals surface area contributed by atoms with Crippen LogP contribution in [0.5, 0.6) is 11.8 Å². The fourth-order valence-corrected chi connectivity index (χ4v) is 11.8. The fourth-order valence-electron chi connectivity index (χ4n) is 11.8. The van der Waals surface area contributed by atoms with Crippen molar-refractivity contribution in [3.05, 3.63) is 89.1 Å². The topological polar surface area (TPSA) is 238 Å². The number of unbranched alkanes of at least 4 members (excludes halogenated alkanes) is 1. The number of ether oxygens (including phenoxy) is 2. The van der Waals surface area contributed by atoms with Gasteiger partial charge in [0.2, 0.25) is 17.7 Å². The highest BCUT2D eigenvalue weighted by atomic mass is 19.1. The number of hydrogen-bond donors (Lipinski definition) is 5. The summed E-state index contributed by atoms with van der Waals surface area (Å²) in [6.07, 6.45) is 11.6. The second-order valence-electron chi connectivity index (χ2n) is 20.2. The summed E-state index contributed by atoms with van der Waals surface area (Å²) in [5.41, 5.74) is 0.669. The molecule has 6 aliphatic heterocycles. The van der Waals surface area contributed by atoms with E-state index in [9.17, 15) is 33.9 Å². The minimum Gasteiger partial charge on any atom is -0.508 e. The smallest absolute Gasteiger partial charge is 0.407 e. The molecule has 2 aromatic heterocycles. The number of carbonyl (C=O) groups is 6. The summed E-state index contributed by atoms with van der Waals surface area (Å²) in [6, 6.07) is 8.85. The van der Waals surface area contributed by atoms with Crippen LogP contribution in [0.15, 0.2) is 60.8 Å². The molecule has 5 saturated heterocycles. The van der Waals surface area contributed by atoms with Gasteiger partial charge < -0.3 is 35.4 Å². The van der Waals surface area contributed by atoms with Crippen LogP contribution in [-0.4, -0.2) is 135 Å². The Bertz CT molecular complexity index is 3320. The van der Waals surface area contributed by atoms with Crippen LogP contribution in [0.2, 0.25) is 0 Å². The SMILES string of the molecule is C#Cc1c(F)ccc2cc(O)cc(-c3ncc4c(N5CC6CCC(C5)N6)nc(OCC56CCC(COC(=O)NCCCCC(=O)Nc7ccc8c(c7)C(=O)N(C7CCC(=O)NC7=O)C8=O)N5CC(=C)C6)nc4c3F)c12. The molecule has 0 saturated carbocycles. The molecule has 5 N–H and O–H groups in total. The third-order valence-electron chi connectivity index (χ3n) is 15.3. The summed E-state index contributed by atoms with van der Waals surface area (Å²) in [4.78, 5) is 95.2. The van der Waals surface area contributed by atoms with E-state index in [-0.39, 0.29) is 114 Å². The third kappa shape index (κ3) is 9.22. The summed E-state index contributed by atoms with van der Waals surface area (Å²) in [6.45, 7) is 6.57. The maximum atomic E-state index is 17.2. The number of nitrogens with zero attached hydrogens (tertiary/aromatic N) is 6. The second-order valence-corrected chi connectivity index (χ2v) is 20.2. The maximum absolute atomic E-state index is 17.2. The van der Waals surface area contributed by atoms with Crippen LogP contribution in [-0.2, 0) is 19.1 Å². The van der Waals surface area contributed by atoms with E-state index in [0.29, 0.717) is 74.0 Å². The molecule has 11 rings (SSSR count). The number of rotatable bonds is 14. The van der Waals surface area contributed by atoms with Crippen LogP contribution < -0.4 is 30.9 Å². The molecule has 0 aliphatic carbocycles. The first-order chi connectivity index (χ1) is 36.2. The molecule has 6 amide bonds. The Morgan fingerprint density at radius 3 is 2.56 bits per heavy atom. The average Bonchev–Trinajstić information content (AvgIpc) is 4.09. The van der Waals surface area contributed by atoms with Crippen molar-refractivity contribution in [2.45, 2.75) is 93.9 Å². The number of piperidine rings is 1. The summed E-state index contributed by atoms with van der Waals surface area (Å²) >= 11 is 0. The van der Waals surface area contributed by atoms with E-state index < -0.39 is 52.9 Å². The van der Waals surface area contributed by atoms with Crippen molar-refractivity contribution in [3.8, 4) is 35.4 Å². The van der Waals surface area contributed by atoms with Crippen molar-refractivity contribution >= 4 is 68.8 Å². The van der Waals surface area contributed by atoms with E-state index in [2.05, 4.69) is 53.5 Å². The molecule has 75 heavy (non-hydrogen) atoms. The van der Waals surface area contributed by atoms with E-state index in [4.69, 9.17) is 20.9 Å². The molecule has 8 heterocycles. The lowest BCUT2D eigenvalue weighted by Gasteiger charge is -2.35. The number of halogens is 2. The number of alkyl carbamates (subject to hydrolysis) is 1. The molecule has 0 radical (unpaired) electrons. The standard InChI is InChI=1S/C54H52F2N10O9/c1-3-35-40(55)12-7-29-18-34(67)20-38(44(29)35)46-45(56)47-39(22-58-46)48(64-24-31-8-9-32(25-64)59-31)63-52(62-47)75-27-54-16-15-33(65(54)23-28(2)21-54)26-74-53(73)57-17-5-4-6-42(68)60-30-10-11-36-37(19-30)51(72)66(50(36)71)41-13-14-43(69)61-49(41)70/h1,7,10-12,18-20,22,31-33,41,59,67H,2,4-6,8-9,13-17,21,23-27H2,(H,57,73)(H,60,68)(H,61,69,70). The van der Waals surface area contributed by atoms with Gasteiger partial charge in [-0.05, 0) is 93.2 Å². The highest BCUT2D eigenvalue weighted by molar-refractivity contribution is 6.24. The quantitative estimate of drug-likeness (QED) is 0.0415. The Morgan fingerprint density at radius 2 is 1.77 bits per heavy atom. The summed E-state index contributed by atoms with van der Waals surface area (Å²) in [7, 11) is 0. The second kappa shape index (κ2) is 19.6. The van der Waals surface area contributed by atoms with Crippen molar-refractivity contribution in [1.82, 2.24) is 40.7 Å². The lowest BCUT2D eigenvalue weighted by atomic mass is 9.94. The van der Waals surface area contributed by atoms with Crippen LogP contribution in [0.4, 0.5) is 25.1 Å². The number of piperazine rings is 1. The zero-order chi connectivity index (χ0) is 52.3. The zero-order valence-corrected chi connectivity index (χ0v) is 40.7. The van der Waals surface area contributed by atoms with Gasteiger partial charge in [0.15, 0.2) is 5.82 Å². The number of aromatic hydroxyl groups is 1. The third-order valence-corrected chi connectivity index (χ3v) is 15.3. The molecule has 3 aromatic carbocycles. The number of hydrogen-bond acceptors (Lipinski definition) is 15. The van der Waals surface area contributed by atoms with Crippen molar-refractivity contribution in [2.24, 2.45) is 0 Å². The van der Waals surface area contributed by atoms with Crippen molar-refractivity contribution in [2.75, 3.05) is 49.6 Å². The van der Waals surface area contributed by atoms with Crippen LogP contribution in [0.25, 0.3) is 32.9 Å². The Morgan fingerprint density at radius 1 is 0.973 bits per heavy atom. The number of pyridine rings is 1. The first-order valence-electron chi connectivity index (χ1n) is 25.1. The van der Waals surface area contributed by atoms with Gasteiger partial charge in [-0.15, -0.1) is 6.42 Å². The van der Waals surface area contributed by atoms with Gasteiger partial charge in [0.05, 0.1) is 27.6 Å². The number of carbonyl (C=O) groups excluding carboxylic acids is 6. The molecule has 5 fully saturated rings. The van der Waals surface area contributed by atoms with Crippen LogP contribution >= 0.6 is 0 Å². The van der Waals surface area contributed by atoms with Gasteiger partial charge in [-0.25, -0.2) is 13.6 Å². The van der Waals surface area contributed by atoms with E-state index in [0.717, 1.165) is 23.3 Å². The Balaban J connectivity index is 0.711. The molecular weight excluding hydrogens is 971 g/mol. The summed E-state index contributed by atoms with van der Waals surface area (Å²) < 4.78 is 44.5. The fraction of sp³-hybridized carbons (Fsp3) is 0.389. The van der Waals surface area contributed by atoms with Crippen LogP contribution in [0, 0.1) is 24.0 Å². The van der Waals surface area contributed by atoms with Crippen molar-refractivity contribution < 1.29 is 52.1 Å². The minimum absolute atomic E-state index is 0.00124. The number of aromatic nitrogens is 3. The van der Waals surface area contributed by atoms with Crippen molar-refractivity contribution in [3.63, 3.8) is 0 Å². The van der Waals surface area contributed by atoms with Gasteiger partial charge in [0, 0.05) is 80.0 Å². The molecule has 5 atom stereocenters. The molecule has 21 heteroatoms. The van der Waals surface area contributed by atoms with E-state index >= 15 is 8.78 Å². The lowest BCUT2D eigenvalue weighted by molar-refractivity contribution is -0.136. The molecule has 0 spiro atoms. The largest absolute Gasteiger partial charge is 0.508 e. The molecule has 19 nitrogen and oxygen atoms in total. The maximum Gasteiger partial charge on any atom is 0.407 e. The molecular formula is C54H52F2N10O9. The molecule has 5 aromatic rings. The number of nitrogens with one attached hydrogen (secondary N) is 4. The highest BCUT2D eigenvalue weighted by Gasteiger charge is 2.52. The van der Waals surface area contributed by atoms with Gasteiger partial charge >= 0.3 is 12.1 Å². The number of phenols is 1. The molecule has 5 unspecified atom stereocenters. The number of benzene rings is 3. The van der Waals surface area contributed by atoms with Gasteiger partial charge in [-0.1, -0.05) is 24.1 Å². The number of imide groups is 2. The Hall–Kier alpha value is -8.09. The number of terminal acetylenes is 1. The van der Waals surface area contributed by atoms with Gasteiger partial charge in [0.1, 0.15) is 47.9 Å². The number of fused-ring (bicyclic) bond motifs is 6. The molecule has 386 valence electrons. The number of phenolic OH excluding ortho intramolecular Hbond substituents is 1. The van der Waals surface area contributed by atoms with Crippen LogP contribution in [0.3, 0.4) is 0 Å². The average molecular weight is 1020 g/mol. The monoisotopic (exact) mass is 1020 g/mol. The molecule has 2 bridgehead atoms. The minimum atomic E-state index is -1.10. The van der Waals surface area contributed by atoms with Crippen LogP contribution in [0.1, 0.15) is 90.5 Å². The van der Waals surface area contributed by atoms with Gasteiger partial charge in [0.25, 0.3) is 11.8 Å².